The molecule has 0 unspecified atom stereocenters. The van der Waals surface area contributed by atoms with Crippen LogP contribution in [0, 0.1) is 23.7 Å². The summed E-state index contributed by atoms with van der Waals surface area (Å²) in [5, 5.41) is 0.927. The summed E-state index contributed by atoms with van der Waals surface area (Å²) in [6.45, 7) is 0. The van der Waals surface area contributed by atoms with Crippen molar-refractivity contribution >= 4 is 17.7 Å². The smallest absolute Gasteiger partial charge is 0.270 e. The second-order valence-corrected chi connectivity index (χ2v) is 5.82. The lowest BCUT2D eigenvalue weighted by Crippen LogP contribution is -2.47. The number of nitrogens with one attached hydrogen (secondary N) is 1. The van der Waals surface area contributed by atoms with Crippen LogP contribution in [0.4, 0.5) is 0 Å². The predicted octanol–water partition coefficient (Wildman–Crippen LogP) is 1.14. The van der Waals surface area contributed by atoms with Gasteiger partial charge in [0, 0.05) is 5.56 Å². The molecule has 2 bridgehead atoms. The summed E-state index contributed by atoms with van der Waals surface area (Å²) in [6, 6.07) is 8.57. The molecule has 2 fully saturated rings. The minimum Gasteiger partial charge on any atom is -0.272 e. The Hall–Kier alpha value is -2.43. The largest absolute Gasteiger partial charge is 0.272 e. The number of rotatable bonds is 2. The lowest BCUT2D eigenvalue weighted by atomic mass is 9.85. The number of hydrogen-bond donors (Lipinski definition) is 1. The molecule has 1 saturated heterocycles. The fourth-order valence-corrected chi connectivity index (χ4v) is 3.77. The molecule has 1 N–H and O–H groups in total. The average Bonchev–Trinajstić information content (AvgIpc) is 3.18. The molecule has 3 aliphatic rings. The van der Waals surface area contributed by atoms with Crippen LogP contribution in [0.1, 0.15) is 16.8 Å². The minimum atomic E-state index is -0.433. The van der Waals surface area contributed by atoms with Gasteiger partial charge in [0.15, 0.2) is 0 Å². The van der Waals surface area contributed by atoms with E-state index in [9.17, 15) is 14.4 Å². The van der Waals surface area contributed by atoms with Crippen molar-refractivity contribution in [2.45, 2.75) is 6.42 Å². The maximum Gasteiger partial charge on any atom is 0.270 e. The number of fused-ring (bicyclic) bond motifs is 5. The zero-order valence-electron chi connectivity index (χ0n) is 11.2. The Balaban J connectivity index is 1.56. The summed E-state index contributed by atoms with van der Waals surface area (Å²) in [5.74, 6) is -1.26. The molecule has 106 valence electrons. The second kappa shape index (κ2) is 4.28. The highest BCUT2D eigenvalue weighted by Crippen LogP contribution is 2.52. The van der Waals surface area contributed by atoms with Gasteiger partial charge in [0.1, 0.15) is 0 Å². The van der Waals surface area contributed by atoms with Crippen molar-refractivity contribution in [3.05, 3.63) is 48.0 Å². The van der Waals surface area contributed by atoms with E-state index >= 15 is 0 Å². The highest BCUT2D eigenvalue weighted by molar-refractivity contribution is 6.08. The van der Waals surface area contributed by atoms with Crippen molar-refractivity contribution in [3.8, 4) is 0 Å². The van der Waals surface area contributed by atoms with Crippen LogP contribution in [-0.4, -0.2) is 22.7 Å². The molecular weight excluding hydrogens is 268 g/mol. The molecule has 3 amide bonds. The summed E-state index contributed by atoms with van der Waals surface area (Å²) in [4.78, 5) is 36.9. The number of carbonyl (C=O) groups is 3. The van der Waals surface area contributed by atoms with Crippen molar-refractivity contribution in [2.75, 3.05) is 0 Å². The van der Waals surface area contributed by atoms with Crippen LogP contribution in [0.15, 0.2) is 42.5 Å². The van der Waals surface area contributed by atoms with Crippen LogP contribution in [-0.2, 0) is 9.59 Å². The molecule has 1 heterocycles. The van der Waals surface area contributed by atoms with Crippen molar-refractivity contribution < 1.29 is 14.4 Å². The number of allylic oxidation sites excluding steroid dienone is 2. The molecule has 1 saturated carbocycles. The van der Waals surface area contributed by atoms with Crippen LogP contribution in [0.5, 0.6) is 0 Å². The second-order valence-electron chi connectivity index (χ2n) is 5.82. The van der Waals surface area contributed by atoms with Crippen LogP contribution in [0.2, 0.25) is 0 Å². The van der Waals surface area contributed by atoms with E-state index < -0.39 is 5.91 Å². The van der Waals surface area contributed by atoms with Gasteiger partial charge in [0.05, 0.1) is 11.8 Å². The zero-order valence-corrected chi connectivity index (χ0v) is 11.2. The van der Waals surface area contributed by atoms with E-state index in [1.807, 2.05) is 12.2 Å². The Kier molecular flexibility index (Phi) is 2.51. The maximum absolute atomic E-state index is 12.4. The summed E-state index contributed by atoms with van der Waals surface area (Å²) >= 11 is 0. The van der Waals surface area contributed by atoms with E-state index in [1.165, 1.54) is 0 Å². The highest BCUT2D eigenvalue weighted by Gasteiger charge is 2.59. The van der Waals surface area contributed by atoms with Crippen molar-refractivity contribution in [1.29, 1.82) is 0 Å². The SMILES string of the molecule is O=C(NN1C(=O)[C@@H]2[C@@H](C1=O)[C@@H]1C=C[C@@H]2C1)c1ccccc1. The number of nitrogens with zero attached hydrogens (tertiary/aromatic N) is 1. The average molecular weight is 282 g/mol. The van der Waals surface area contributed by atoms with Gasteiger partial charge in [-0.25, -0.2) is 0 Å². The van der Waals surface area contributed by atoms with Crippen molar-refractivity contribution in [3.63, 3.8) is 0 Å². The molecule has 0 radical (unpaired) electrons. The van der Waals surface area contributed by atoms with Crippen molar-refractivity contribution in [1.82, 2.24) is 10.4 Å². The summed E-state index contributed by atoms with van der Waals surface area (Å²) in [5.41, 5.74) is 2.89. The van der Waals surface area contributed by atoms with Gasteiger partial charge in [-0.1, -0.05) is 30.4 Å². The Bertz CT molecular complexity index is 637. The van der Waals surface area contributed by atoms with Gasteiger partial charge >= 0.3 is 0 Å². The number of hydrazine groups is 1. The van der Waals surface area contributed by atoms with E-state index in [0.29, 0.717) is 5.56 Å². The minimum absolute atomic E-state index is 0.148. The van der Waals surface area contributed by atoms with Gasteiger partial charge < -0.3 is 0 Å². The van der Waals surface area contributed by atoms with E-state index in [4.69, 9.17) is 0 Å². The summed E-state index contributed by atoms with van der Waals surface area (Å²) < 4.78 is 0. The monoisotopic (exact) mass is 282 g/mol. The number of carbonyl (C=O) groups excluding carboxylic acids is 3. The van der Waals surface area contributed by atoms with Gasteiger partial charge in [-0.2, -0.15) is 5.01 Å². The topological polar surface area (TPSA) is 66.5 Å². The van der Waals surface area contributed by atoms with E-state index in [2.05, 4.69) is 5.43 Å². The molecule has 5 heteroatoms. The molecular formula is C16H14N2O3. The number of hydrogen-bond acceptors (Lipinski definition) is 3. The van der Waals surface area contributed by atoms with Crippen LogP contribution < -0.4 is 5.43 Å². The van der Waals surface area contributed by atoms with E-state index in [1.54, 1.807) is 30.3 Å². The predicted molar refractivity (Wildman–Crippen MR) is 73.5 cm³/mol. The molecule has 5 nitrogen and oxygen atoms in total. The molecule has 0 spiro atoms. The quantitative estimate of drug-likeness (QED) is 0.653. The lowest BCUT2D eigenvalue weighted by Gasteiger charge is -2.17. The summed E-state index contributed by atoms with van der Waals surface area (Å²) in [7, 11) is 0. The molecule has 1 aromatic carbocycles. The molecule has 21 heavy (non-hydrogen) atoms. The first-order chi connectivity index (χ1) is 10.2. The first-order valence-corrected chi connectivity index (χ1v) is 7.09. The van der Waals surface area contributed by atoms with Gasteiger partial charge in [-0.05, 0) is 30.4 Å². The Morgan fingerprint density at radius 3 is 2.14 bits per heavy atom. The van der Waals surface area contributed by atoms with Gasteiger partial charge in [0.25, 0.3) is 17.7 Å². The third-order valence-electron chi connectivity index (χ3n) is 4.72. The molecule has 4 atom stereocenters. The van der Waals surface area contributed by atoms with E-state index in [0.717, 1.165) is 11.4 Å². The molecule has 4 rings (SSSR count). The zero-order chi connectivity index (χ0) is 14.6. The highest BCUT2D eigenvalue weighted by atomic mass is 16.2. The van der Waals surface area contributed by atoms with Gasteiger partial charge in [-0.15, -0.1) is 0 Å². The third-order valence-corrected chi connectivity index (χ3v) is 4.72. The first kappa shape index (κ1) is 12.3. The van der Waals surface area contributed by atoms with Crippen LogP contribution >= 0.6 is 0 Å². The maximum atomic E-state index is 12.4. The van der Waals surface area contributed by atoms with Crippen molar-refractivity contribution in [2.24, 2.45) is 23.7 Å². The number of benzene rings is 1. The molecule has 1 aromatic rings. The fourth-order valence-electron chi connectivity index (χ4n) is 3.77. The van der Waals surface area contributed by atoms with Gasteiger partial charge in [-0.3, -0.25) is 19.8 Å². The van der Waals surface area contributed by atoms with Gasteiger partial charge in [0.2, 0.25) is 0 Å². The van der Waals surface area contributed by atoms with Crippen LogP contribution in [0.25, 0.3) is 0 Å². The number of amides is 3. The fraction of sp³-hybridized carbons (Fsp3) is 0.312. The Labute approximate surface area is 121 Å². The first-order valence-electron chi connectivity index (χ1n) is 7.09. The van der Waals surface area contributed by atoms with Crippen LogP contribution in [0.3, 0.4) is 0 Å². The molecule has 1 aliphatic heterocycles. The Morgan fingerprint density at radius 1 is 1.00 bits per heavy atom. The third kappa shape index (κ3) is 1.67. The normalized spacial score (nSPS) is 32.7. The molecule has 2 aliphatic carbocycles. The number of imide groups is 1. The Morgan fingerprint density at radius 2 is 1.57 bits per heavy atom. The summed E-state index contributed by atoms with van der Waals surface area (Å²) in [6.07, 6.45) is 4.94. The lowest BCUT2D eigenvalue weighted by molar-refractivity contribution is -0.143. The van der Waals surface area contributed by atoms with E-state index in [-0.39, 0.29) is 35.5 Å². The molecule has 0 aromatic heterocycles. The standard InChI is InChI=1S/C16H14N2O3/c19-14(9-4-2-1-3-5-9)17-18-15(20)12-10-6-7-11(8-10)13(12)16(18)21/h1-7,10-13H,8H2,(H,17,19)/t10-,11-,12+,13+/m1/s1.